The van der Waals surface area contributed by atoms with Gasteiger partial charge in [0.1, 0.15) is 0 Å². The largest absolute Gasteiger partial charge is 0.493 e. The molecule has 6 nitrogen and oxygen atoms in total. The molecule has 1 aliphatic carbocycles. The first-order chi connectivity index (χ1) is 14.1. The van der Waals surface area contributed by atoms with Gasteiger partial charge in [0.25, 0.3) is 0 Å². The lowest BCUT2D eigenvalue weighted by atomic mass is 9.67. The summed E-state index contributed by atoms with van der Waals surface area (Å²) in [6.45, 7) is 9.05. The van der Waals surface area contributed by atoms with Crippen molar-refractivity contribution in [3.8, 4) is 11.5 Å². The zero-order valence-corrected chi connectivity index (χ0v) is 21.2. The molecular weight excluding hydrogens is 493 g/mol. The highest BCUT2D eigenvalue weighted by Crippen LogP contribution is 2.43. The number of nitrogens with one attached hydrogen (secondary N) is 2. The van der Waals surface area contributed by atoms with Gasteiger partial charge in [0, 0.05) is 32.4 Å². The minimum absolute atomic E-state index is 0. The molecule has 0 radical (unpaired) electrons. The SMILES string of the molecule is C=CCc1cc(CN=C(NCC)NCC2(CCOC)CCC2)cc(OC)c1OC.I. The highest BCUT2D eigenvalue weighted by Gasteiger charge is 2.36. The third kappa shape index (κ3) is 7.34. The summed E-state index contributed by atoms with van der Waals surface area (Å²) in [7, 11) is 5.09. The quantitative estimate of drug-likeness (QED) is 0.182. The Labute approximate surface area is 198 Å². The van der Waals surface area contributed by atoms with E-state index >= 15 is 0 Å². The van der Waals surface area contributed by atoms with E-state index in [1.54, 1.807) is 21.3 Å². The molecule has 0 atom stereocenters. The molecule has 1 aromatic rings. The first kappa shape index (κ1) is 26.6. The van der Waals surface area contributed by atoms with Gasteiger partial charge < -0.3 is 24.8 Å². The molecule has 0 heterocycles. The summed E-state index contributed by atoms with van der Waals surface area (Å²) < 4.78 is 16.3. The number of nitrogens with zero attached hydrogens (tertiary/aromatic N) is 1. The first-order valence-corrected chi connectivity index (χ1v) is 10.5. The second-order valence-electron chi connectivity index (χ2n) is 7.63. The van der Waals surface area contributed by atoms with Crippen molar-refractivity contribution in [2.75, 3.05) is 41.0 Å². The van der Waals surface area contributed by atoms with Crippen LogP contribution in [0.5, 0.6) is 11.5 Å². The van der Waals surface area contributed by atoms with E-state index in [4.69, 9.17) is 19.2 Å². The van der Waals surface area contributed by atoms with Gasteiger partial charge in [-0.25, -0.2) is 4.99 Å². The van der Waals surface area contributed by atoms with Gasteiger partial charge >= 0.3 is 0 Å². The van der Waals surface area contributed by atoms with Crippen molar-refractivity contribution in [1.29, 1.82) is 0 Å². The molecule has 1 fully saturated rings. The number of rotatable bonds is 12. The molecule has 0 bridgehead atoms. The second-order valence-corrected chi connectivity index (χ2v) is 7.63. The molecule has 7 heteroatoms. The highest BCUT2D eigenvalue weighted by atomic mass is 127. The predicted molar refractivity (Wildman–Crippen MR) is 134 cm³/mol. The molecule has 0 amide bonds. The topological polar surface area (TPSA) is 64.1 Å². The van der Waals surface area contributed by atoms with E-state index in [9.17, 15) is 0 Å². The Hall–Kier alpha value is -1.48. The van der Waals surface area contributed by atoms with Crippen molar-refractivity contribution in [3.05, 3.63) is 35.9 Å². The zero-order valence-electron chi connectivity index (χ0n) is 18.9. The summed E-state index contributed by atoms with van der Waals surface area (Å²) in [5.74, 6) is 2.33. The number of allylic oxidation sites excluding steroid dienone is 1. The fraction of sp³-hybridized carbons (Fsp3) is 0.609. The van der Waals surface area contributed by atoms with E-state index in [1.807, 2.05) is 12.1 Å². The zero-order chi connectivity index (χ0) is 21.1. The molecule has 0 unspecified atom stereocenters. The van der Waals surface area contributed by atoms with Crippen LogP contribution in [-0.2, 0) is 17.7 Å². The van der Waals surface area contributed by atoms with Crippen molar-refractivity contribution < 1.29 is 14.2 Å². The maximum absolute atomic E-state index is 5.52. The van der Waals surface area contributed by atoms with E-state index in [0.29, 0.717) is 12.0 Å². The molecule has 1 aliphatic rings. The van der Waals surface area contributed by atoms with Crippen molar-refractivity contribution in [3.63, 3.8) is 0 Å². The summed E-state index contributed by atoms with van der Waals surface area (Å²) in [5.41, 5.74) is 2.47. The molecule has 0 spiro atoms. The third-order valence-electron chi connectivity index (χ3n) is 5.63. The minimum atomic E-state index is 0. The van der Waals surface area contributed by atoms with Crippen molar-refractivity contribution >= 4 is 29.9 Å². The standard InChI is InChI=1S/C23H37N3O3.HI/c1-6-9-19-14-18(15-20(28-4)21(19)29-5)16-25-22(24-7-2)26-17-23(10-8-11-23)12-13-27-3;/h6,14-15H,1,7-13,16-17H2,2-5H3,(H2,24,25,26);1H. The Balaban J connectivity index is 0.00000450. The average molecular weight is 531 g/mol. The van der Waals surface area contributed by atoms with Gasteiger partial charge in [-0.1, -0.05) is 12.5 Å². The number of hydrogen-bond donors (Lipinski definition) is 2. The van der Waals surface area contributed by atoms with Gasteiger partial charge in [-0.15, -0.1) is 30.6 Å². The number of methoxy groups -OCH3 is 3. The van der Waals surface area contributed by atoms with E-state index in [2.05, 4.69) is 30.2 Å². The van der Waals surface area contributed by atoms with Crippen LogP contribution >= 0.6 is 24.0 Å². The Morgan fingerprint density at radius 2 is 1.97 bits per heavy atom. The molecule has 170 valence electrons. The van der Waals surface area contributed by atoms with Crippen LogP contribution < -0.4 is 20.1 Å². The number of benzene rings is 1. The number of guanidine groups is 1. The van der Waals surface area contributed by atoms with Gasteiger partial charge in [-0.3, -0.25) is 0 Å². The Morgan fingerprint density at radius 1 is 1.20 bits per heavy atom. The molecular formula is C23H38IN3O3. The predicted octanol–water partition coefficient (Wildman–Crippen LogP) is 4.31. The second kappa shape index (κ2) is 13.7. The summed E-state index contributed by atoms with van der Waals surface area (Å²) in [6.07, 6.45) is 7.49. The van der Waals surface area contributed by atoms with E-state index in [0.717, 1.165) is 61.1 Å². The van der Waals surface area contributed by atoms with E-state index in [-0.39, 0.29) is 24.0 Å². The molecule has 1 aromatic carbocycles. The Morgan fingerprint density at radius 3 is 2.50 bits per heavy atom. The first-order valence-electron chi connectivity index (χ1n) is 10.5. The van der Waals surface area contributed by atoms with Crippen LogP contribution in [0.2, 0.25) is 0 Å². The number of ether oxygens (including phenoxy) is 3. The minimum Gasteiger partial charge on any atom is -0.493 e. The van der Waals surface area contributed by atoms with Gasteiger partial charge in [0.15, 0.2) is 17.5 Å². The maximum atomic E-state index is 5.52. The third-order valence-corrected chi connectivity index (χ3v) is 5.63. The van der Waals surface area contributed by atoms with Gasteiger partial charge in [-0.2, -0.15) is 0 Å². The molecule has 2 N–H and O–H groups in total. The van der Waals surface area contributed by atoms with Crippen molar-refractivity contribution in [1.82, 2.24) is 10.6 Å². The molecule has 0 aliphatic heterocycles. The molecule has 0 saturated heterocycles. The van der Waals surface area contributed by atoms with Crippen LogP contribution in [0.15, 0.2) is 29.8 Å². The summed E-state index contributed by atoms with van der Waals surface area (Å²) in [5, 5.41) is 6.90. The number of hydrogen-bond acceptors (Lipinski definition) is 4. The maximum Gasteiger partial charge on any atom is 0.191 e. The van der Waals surface area contributed by atoms with Crippen LogP contribution in [0, 0.1) is 5.41 Å². The average Bonchev–Trinajstić information content (AvgIpc) is 2.70. The summed E-state index contributed by atoms with van der Waals surface area (Å²) in [4.78, 5) is 4.80. The lowest BCUT2D eigenvalue weighted by molar-refractivity contribution is 0.0732. The van der Waals surface area contributed by atoms with E-state index < -0.39 is 0 Å². The number of halogens is 1. The molecule has 0 aromatic heterocycles. The highest BCUT2D eigenvalue weighted by molar-refractivity contribution is 14.0. The smallest absolute Gasteiger partial charge is 0.191 e. The molecule has 1 saturated carbocycles. The lowest BCUT2D eigenvalue weighted by Crippen LogP contribution is -2.46. The lowest BCUT2D eigenvalue weighted by Gasteiger charge is -2.42. The van der Waals surface area contributed by atoms with Crippen LogP contribution in [0.25, 0.3) is 0 Å². The van der Waals surface area contributed by atoms with Crippen molar-refractivity contribution in [2.24, 2.45) is 10.4 Å². The van der Waals surface area contributed by atoms with Crippen LogP contribution in [0.4, 0.5) is 0 Å². The van der Waals surface area contributed by atoms with Crippen molar-refractivity contribution in [2.45, 2.75) is 45.6 Å². The monoisotopic (exact) mass is 531 g/mol. The normalized spacial score (nSPS) is 14.9. The van der Waals surface area contributed by atoms with Gasteiger partial charge in [0.2, 0.25) is 0 Å². The molecule has 30 heavy (non-hydrogen) atoms. The summed E-state index contributed by atoms with van der Waals surface area (Å²) in [6, 6.07) is 4.10. The summed E-state index contributed by atoms with van der Waals surface area (Å²) >= 11 is 0. The Bertz CT molecular complexity index is 691. The Kier molecular flexibility index (Phi) is 12.2. The fourth-order valence-electron chi connectivity index (χ4n) is 3.80. The van der Waals surface area contributed by atoms with Crippen LogP contribution in [0.1, 0.15) is 43.7 Å². The van der Waals surface area contributed by atoms with Crippen LogP contribution in [-0.4, -0.2) is 47.0 Å². The molecule has 2 rings (SSSR count). The van der Waals surface area contributed by atoms with Gasteiger partial charge in [0.05, 0.1) is 20.8 Å². The van der Waals surface area contributed by atoms with Gasteiger partial charge in [-0.05, 0) is 55.7 Å². The van der Waals surface area contributed by atoms with Crippen LogP contribution in [0.3, 0.4) is 0 Å². The fourth-order valence-corrected chi connectivity index (χ4v) is 3.80. The number of aliphatic imine (C=N–C) groups is 1. The van der Waals surface area contributed by atoms with E-state index in [1.165, 1.54) is 19.3 Å².